The van der Waals surface area contributed by atoms with Crippen LogP contribution in [-0.4, -0.2) is 5.91 Å². The van der Waals surface area contributed by atoms with Crippen LogP contribution in [0.3, 0.4) is 0 Å². The first-order chi connectivity index (χ1) is 8.97. The molecule has 2 rings (SSSR count). The standard InChI is InChI=1S/C12H8F3NO3/c13-12(14,15)8-2-1-3-9(6-8)16-11(17)10-7-18-4-5-19-10/h1-7H,(H,16,17). The zero-order chi connectivity index (χ0) is 13.9. The van der Waals surface area contributed by atoms with Crippen molar-refractivity contribution in [1.82, 2.24) is 0 Å². The number of hydrogen-bond acceptors (Lipinski definition) is 3. The Kier molecular flexibility index (Phi) is 3.46. The molecule has 100 valence electrons. The van der Waals surface area contributed by atoms with E-state index in [1.54, 1.807) is 0 Å². The first kappa shape index (κ1) is 13.0. The largest absolute Gasteiger partial charge is 0.465 e. The summed E-state index contributed by atoms with van der Waals surface area (Å²) in [7, 11) is 0. The molecule has 0 bridgehead atoms. The van der Waals surface area contributed by atoms with E-state index >= 15 is 0 Å². The average Bonchev–Trinajstić information content (AvgIpc) is 2.39. The summed E-state index contributed by atoms with van der Waals surface area (Å²) in [6.07, 6.45) is -1.07. The first-order valence-corrected chi connectivity index (χ1v) is 5.13. The maximum absolute atomic E-state index is 12.5. The lowest BCUT2D eigenvalue weighted by atomic mass is 10.2. The van der Waals surface area contributed by atoms with Crippen molar-refractivity contribution in [2.24, 2.45) is 0 Å². The molecule has 0 saturated carbocycles. The van der Waals surface area contributed by atoms with E-state index in [0.29, 0.717) is 0 Å². The molecule has 1 aliphatic rings. The van der Waals surface area contributed by atoms with Crippen LogP contribution in [0.2, 0.25) is 0 Å². The van der Waals surface area contributed by atoms with Crippen molar-refractivity contribution in [1.29, 1.82) is 0 Å². The first-order valence-electron chi connectivity index (χ1n) is 5.13. The molecule has 1 aromatic carbocycles. The average molecular weight is 271 g/mol. The molecule has 0 fully saturated rings. The summed E-state index contributed by atoms with van der Waals surface area (Å²) in [6, 6.07) is 4.29. The number of rotatable bonds is 2. The van der Waals surface area contributed by atoms with Crippen LogP contribution >= 0.6 is 0 Å². The lowest BCUT2D eigenvalue weighted by Gasteiger charge is -2.12. The van der Waals surface area contributed by atoms with E-state index in [1.807, 2.05) is 0 Å². The lowest BCUT2D eigenvalue weighted by molar-refractivity contribution is -0.137. The molecule has 19 heavy (non-hydrogen) atoms. The van der Waals surface area contributed by atoms with Crippen LogP contribution in [0.4, 0.5) is 18.9 Å². The molecular weight excluding hydrogens is 263 g/mol. The quantitative estimate of drug-likeness (QED) is 0.899. The lowest BCUT2D eigenvalue weighted by Crippen LogP contribution is -2.17. The molecule has 1 heterocycles. The van der Waals surface area contributed by atoms with Crippen LogP contribution < -0.4 is 5.32 Å². The number of carbonyl (C=O) groups is 1. The second-order valence-corrected chi connectivity index (χ2v) is 3.54. The summed E-state index contributed by atoms with van der Waals surface area (Å²) in [5, 5.41) is 2.28. The summed E-state index contributed by atoms with van der Waals surface area (Å²) < 4.78 is 47.0. The van der Waals surface area contributed by atoms with Gasteiger partial charge in [0.15, 0.2) is 0 Å². The number of anilines is 1. The number of halogens is 3. The third-order valence-electron chi connectivity index (χ3n) is 2.18. The van der Waals surface area contributed by atoms with Gasteiger partial charge in [-0.1, -0.05) is 6.07 Å². The van der Waals surface area contributed by atoms with E-state index in [-0.39, 0.29) is 11.4 Å². The Labute approximate surface area is 106 Å². The normalized spacial score (nSPS) is 14.2. The molecule has 0 unspecified atom stereocenters. The van der Waals surface area contributed by atoms with Gasteiger partial charge in [-0.05, 0) is 18.2 Å². The zero-order valence-electron chi connectivity index (χ0n) is 9.40. The molecule has 1 aromatic rings. The van der Waals surface area contributed by atoms with Gasteiger partial charge >= 0.3 is 6.18 Å². The van der Waals surface area contributed by atoms with Crippen LogP contribution in [0.15, 0.2) is 48.8 Å². The molecule has 0 spiro atoms. The third-order valence-corrected chi connectivity index (χ3v) is 2.18. The monoisotopic (exact) mass is 271 g/mol. The van der Waals surface area contributed by atoms with E-state index in [9.17, 15) is 18.0 Å². The van der Waals surface area contributed by atoms with Crippen molar-refractivity contribution in [2.75, 3.05) is 5.32 Å². The van der Waals surface area contributed by atoms with E-state index in [4.69, 9.17) is 9.47 Å². The van der Waals surface area contributed by atoms with Crippen molar-refractivity contribution < 1.29 is 27.4 Å². The van der Waals surface area contributed by atoms with E-state index < -0.39 is 17.6 Å². The minimum absolute atomic E-state index is 0.0129. The van der Waals surface area contributed by atoms with Crippen molar-refractivity contribution in [3.05, 3.63) is 54.4 Å². The second-order valence-electron chi connectivity index (χ2n) is 3.54. The number of nitrogens with one attached hydrogen (secondary N) is 1. The van der Waals surface area contributed by atoms with E-state index in [0.717, 1.165) is 24.7 Å². The molecule has 1 N–H and O–H groups in total. The topological polar surface area (TPSA) is 47.6 Å². The Morgan fingerprint density at radius 1 is 1.21 bits per heavy atom. The zero-order valence-corrected chi connectivity index (χ0v) is 9.40. The van der Waals surface area contributed by atoms with Gasteiger partial charge in [-0.2, -0.15) is 13.2 Å². The van der Waals surface area contributed by atoms with Gasteiger partial charge in [0.1, 0.15) is 18.8 Å². The molecule has 0 radical (unpaired) electrons. The predicted octanol–water partition coefficient (Wildman–Crippen LogP) is 3.00. The van der Waals surface area contributed by atoms with Gasteiger partial charge in [0.2, 0.25) is 5.76 Å². The highest BCUT2D eigenvalue weighted by atomic mass is 19.4. The van der Waals surface area contributed by atoms with Crippen molar-refractivity contribution >= 4 is 11.6 Å². The maximum atomic E-state index is 12.5. The Balaban J connectivity index is 2.11. The highest BCUT2D eigenvalue weighted by molar-refractivity contribution is 6.02. The van der Waals surface area contributed by atoms with Gasteiger partial charge in [0, 0.05) is 5.69 Å². The van der Waals surface area contributed by atoms with Crippen LogP contribution in [0.25, 0.3) is 0 Å². The minimum atomic E-state index is -4.47. The Morgan fingerprint density at radius 3 is 2.63 bits per heavy atom. The fourth-order valence-electron chi connectivity index (χ4n) is 1.34. The second kappa shape index (κ2) is 5.05. The number of alkyl halides is 3. The molecule has 7 heteroatoms. The smallest absolute Gasteiger partial charge is 0.416 e. The van der Waals surface area contributed by atoms with Gasteiger partial charge in [0.05, 0.1) is 5.56 Å². The molecule has 0 saturated heterocycles. The van der Waals surface area contributed by atoms with Gasteiger partial charge < -0.3 is 14.8 Å². The Hall–Kier alpha value is -2.44. The summed E-state index contributed by atoms with van der Waals surface area (Å²) >= 11 is 0. The number of benzene rings is 1. The number of carbonyl (C=O) groups excluding carboxylic acids is 1. The van der Waals surface area contributed by atoms with Gasteiger partial charge in [0.25, 0.3) is 5.91 Å². The van der Waals surface area contributed by atoms with Crippen LogP contribution in [0.5, 0.6) is 0 Å². The minimum Gasteiger partial charge on any atom is -0.465 e. The number of hydrogen-bond donors (Lipinski definition) is 1. The summed E-state index contributed by atoms with van der Waals surface area (Å²) in [5.74, 6) is -0.858. The van der Waals surface area contributed by atoms with Crippen LogP contribution in [-0.2, 0) is 20.4 Å². The fraction of sp³-hybridized carbons (Fsp3) is 0.0833. The molecule has 0 atom stereocenters. The molecule has 1 aliphatic heterocycles. The molecular formula is C12H8F3NO3. The van der Waals surface area contributed by atoms with E-state index in [1.165, 1.54) is 18.4 Å². The highest BCUT2D eigenvalue weighted by Gasteiger charge is 2.30. The van der Waals surface area contributed by atoms with Crippen molar-refractivity contribution in [3.63, 3.8) is 0 Å². The number of ether oxygens (including phenoxy) is 2. The van der Waals surface area contributed by atoms with Gasteiger partial charge in [-0.15, -0.1) is 0 Å². The summed E-state index contributed by atoms with van der Waals surface area (Å²) in [5.41, 5.74) is -0.834. The Bertz CT molecular complexity index is 549. The summed E-state index contributed by atoms with van der Waals surface area (Å²) in [6.45, 7) is 0. The van der Waals surface area contributed by atoms with Crippen LogP contribution in [0.1, 0.15) is 5.56 Å². The van der Waals surface area contributed by atoms with Crippen LogP contribution in [0, 0.1) is 0 Å². The fourth-order valence-corrected chi connectivity index (χ4v) is 1.34. The maximum Gasteiger partial charge on any atom is 0.416 e. The molecule has 0 aliphatic carbocycles. The van der Waals surface area contributed by atoms with Crippen molar-refractivity contribution in [2.45, 2.75) is 6.18 Å². The van der Waals surface area contributed by atoms with Gasteiger partial charge in [-0.3, -0.25) is 4.79 Å². The van der Waals surface area contributed by atoms with Gasteiger partial charge in [-0.25, -0.2) is 0 Å². The molecule has 4 nitrogen and oxygen atoms in total. The SMILES string of the molecule is O=C(Nc1cccc(C(F)(F)F)c1)C1=COC=CO1. The highest BCUT2D eigenvalue weighted by Crippen LogP contribution is 2.30. The van der Waals surface area contributed by atoms with Crippen molar-refractivity contribution in [3.8, 4) is 0 Å². The van der Waals surface area contributed by atoms with E-state index in [2.05, 4.69) is 5.32 Å². The summed E-state index contributed by atoms with van der Waals surface area (Å²) in [4.78, 5) is 11.6. The third kappa shape index (κ3) is 3.27. The predicted molar refractivity (Wildman–Crippen MR) is 59.5 cm³/mol. The molecule has 1 amide bonds. The molecule has 0 aromatic heterocycles. The number of amides is 1. The Morgan fingerprint density at radius 2 is 2.00 bits per heavy atom.